The van der Waals surface area contributed by atoms with Gasteiger partial charge < -0.3 is 71.2 Å². The number of alkyl halides is 10. The van der Waals surface area contributed by atoms with Gasteiger partial charge in [-0.25, -0.2) is 58.9 Å². The summed E-state index contributed by atoms with van der Waals surface area (Å²) in [6, 6.07) is 14.9. The number of aliphatic hydroxyl groups is 1. The number of esters is 2. The summed E-state index contributed by atoms with van der Waals surface area (Å²) in [6.07, 6.45) is -5.17. The number of carbonyl (C=O) groups is 3. The van der Waals surface area contributed by atoms with Crippen molar-refractivity contribution in [2.75, 3.05) is 13.2 Å². The van der Waals surface area contributed by atoms with Crippen LogP contribution < -0.4 is 77.4 Å². The van der Waals surface area contributed by atoms with Gasteiger partial charge in [0.25, 0.3) is 35.3 Å². The number of amides is 1. The summed E-state index contributed by atoms with van der Waals surface area (Å²) in [5.41, 5.74) is 7.98. The van der Waals surface area contributed by atoms with Gasteiger partial charge in [-0.2, -0.15) is 0 Å². The Morgan fingerprint density at radius 1 is 0.570 bits per heavy atom. The van der Waals surface area contributed by atoms with Crippen LogP contribution in [0.25, 0.3) is 0 Å². The number of nitrogens with zero attached hydrogens (tertiary/aromatic N) is 6. The molecule has 1 amide bonds. The van der Waals surface area contributed by atoms with Crippen molar-refractivity contribution in [2.24, 2.45) is 5.73 Å². The predicted octanol–water partition coefficient (Wildman–Crippen LogP) is 10.3. The zero-order valence-corrected chi connectivity index (χ0v) is 67.8. The number of carbonyl (C=O) groups excluding carboxylic acids is 3. The fraction of sp³-hybridized carbons (Fsp3) is 0.500. The number of hydrogen-bond acceptors (Lipinski definition) is 18. The minimum absolute atomic E-state index is 0. The van der Waals surface area contributed by atoms with E-state index in [9.17, 15) is 68.4 Å². The van der Waals surface area contributed by atoms with Gasteiger partial charge in [0.05, 0.1) is 60.6 Å². The molecule has 5 saturated carbocycles. The van der Waals surface area contributed by atoms with Crippen molar-refractivity contribution >= 4 is 118 Å². The second-order valence-electron chi connectivity index (χ2n) is 21.2. The van der Waals surface area contributed by atoms with E-state index < -0.39 is 76.9 Å². The molecule has 0 unspecified atom stereocenters. The SMILES string of the molecule is C.CCOC(=O)Cc1cc(OC2CC(F)(F)C2)cc(C)n1.Cc1cc(OC2CC(F)(F)C2)cc(CC(N)=O)n1.Cc1cc(OC2CC(F)(F)C2)cc(Cl)n1.FC1(F)CC(Oc2cc(Cl)nc(Cl)c2)C1.N.O=[N+]([O-])c1cc(Cl)nc(Cl)c1.OC1CC(F)(F)C1.[Br-].[CH2-]C(=O)OCC.[CH3-].[H-].[Mg+2].[Na+].[Zn+][Br]. The molecular weight excluding hydrogens is 1660 g/mol. The number of primary amides is 1. The quantitative estimate of drug-likeness (QED) is 0.0167. The molecule has 0 spiro atoms. The van der Waals surface area contributed by atoms with Crippen LogP contribution in [0, 0.1) is 45.2 Å². The number of ether oxygens (including phenoxy) is 6. The average Bonchev–Trinajstić information content (AvgIpc) is 0.829. The van der Waals surface area contributed by atoms with Crippen molar-refractivity contribution in [3.63, 3.8) is 0 Å². The third-order valence-electron chi connectivity index (χ3n) is 12.3. The van der Waals surface area contributed by atoms with Gasteiger partial charge in [-0.1, -0.05) is 65.4 Å². The molecule has 5 fully saturated rings. The summed E-state index contributed by atoms with van der Waals surface area (Å²) in [5, 5.41) is 19.2. The van der Waals surface area contributed by atoms with E-state index in [1.807, 2.05) is 0 Å². The van der Waals surface area contributed by atoms with E-state index >= 15 is 0 Å². The summed E-state index contributed by atoms with van der Waals surface area (Å²) in [5.74, 6) is -12.4. The number of rotatable bonds is 15. The van der Waals surface area contributed by atoms with E-state index in [4.69, 9.17) is 92.5 Å². The summed E-state index contributed by atoms with van der Waals surface area (Å²) >= 11 is 32.0. The van der Waals surface area contributed by atoms with Gasteiger partial charge in [-0.05, 0) is 34.6 Å². The van der Waals surface area contributed by atoms with Crippen LogP contribution in [0.5, 0.6) is 23.0 Å². The van der Waals surface area contributed by atoms with Gasteiger partial charge in [-0.3, -0.25) is 41.4 Å². The van der Waals surface area contributed by atoms with Crippen LogP contribution in [-0.4, -0.2) is 149 Å². The topological polar surface area (TPSA) is 295 Å². The molecule has 40 heteroatoms. The van der Waals surface area contributed by atoms with Crippen molar-refractivity contribution in [3.05, 3.63) is 139 Å². The van der Waals surface area contributed by atoms with E-state index in [0.29, 0.717) is 69.8 Å². The van der Waals surface area contributed by atoms with Gasteiger partial charge in [0, 0.05) is 130 Å². The average molecular weight is 1740 g/mol. The first-order valence-electron chi connectivity index (χ1n) is 27.9. The van der Waals surface area contributed by atoms with Crippen LogP contribution >= 0.6 is 71.6 Å². The summed E-state index contributed by atoms with van der Waals surface area (Å²) < 4.78 is 155. The van der Waals surface area contributed by atoms with E-state index in [-0.39, 0.29) is 201 Å². The number of nitro groups is 1. The molecule has 5 aromatic rings. The maximum absolute atomic E-state index is 12.8. The first kappa shape index (κ1) is 103. The first-order chi connectivity index (χ1) is 43.6. The zero-order chi connectivity index (χ0) is 71.1. The van der Waals surface area contributed by atoms with Crippen molar-refractivity contribution < 1.29 is 161 Å². The predicted molar refractivity (Wildman–Crippen MR) is 351 cm³/mol. The van der Waals surface area contributed by atoms with E-state index in [2.05, 4.69) is 50.2 Å². The second kappa shape index (κ2) is 48.0. The van der Waals surface area contributed by atoms with E-state index in [1.165, 1.54) is 34.5 Å². The van der Waals surface area contributed by atoms with Crippen LogP contribution in [0.3, 0.4) is 0 Å². The van der Waals surface area contributed by atoms with Crippen LogP contribution in [0.15, 0.2) is 60.7 Å². The van der Waals surface area contributed by atoms with Gasteiger partial charge in [0.15, 0.2) is 5.97 Å². The Balaban J connectivity index is -0.000000358. The molecule has 0 radical (unpaired) electrons. The van der Waals surface area contributed by atoms with Gasteiger partial charge in [0.2, 0.25) is 5.91 Å². The van der Waals surface area contributed by atoms with Crippen molar-refractivity contribution in [2.45, 2.75) is 179 Å². The molecule has 20 nitrogen and oxygen atoms in total. The summed E-state index contributed by atoms with van der Waals surface area (Å²) in [4.78, 5) is 61.1. The van der Waals surface area contributed by atoms with E-state index in [1.54, 1.807) is 65.0 Å². The molecule has 10 rings (SSSR count). The normalized spacial score (nSPS) is 16.3. The molecule has 5 heterocycles. The molecule has 0 saturated heterocycles. The van der Waals surface area contributed by atoms with E-state index in [0.717, 1.165) is 12.1 Å². The molecule has 5 aliphatic carbocycles. The Morgan fingerprint density at radius 3 is 1.08 bits per heavy atom. The van der Waals surface area contributed by atoms with Crippen LogP contribution in [0.4, 0.5) is 49.6 Å². The number of nitrogens with two attached hydrogens (primary N) is 1. The number of halogens is 17. The second-order valence-corrected chi connectivity index (χ2v) is 23.1. The van der Waals surface area contributed by atoms with Gasteiger partial charge in [0.1, 0.15) is 73.2 Å². The van der Waals surface area contributed by atoms with Crippen molar-refractivity contribution in [3.8, 4) is 23.0 Å². The Bertz CT molecular complexity index is 3190. The minimum atomic E-state index is -2.61. The Kier molecular flexibility index (Phi) is 49.4. The standard InChI is InChI=1S/C14H17F2NO3.C12H14F2N2O2.C10H10ClF2NO.C9H7Cl2F2NO.C5H2Cl2N2O2.C4H6F2O.C4H7O2.CH4.CH3.2BrH.Mg.H3N.Na.Zn.H/c1-3-19-13(18)6-10-5-11(4-9(2)17-10)20-12-7-14(15,16)8-12;1-7-2-9(3-8(16-7)4-11(15)17)18-10-5-12(13,14)6-10;1-6-2-7(3-9(11)14-6)15-8-4-10(12,13)5-8;10-7-1-5(2-8(11)14-7)15-6-3-9(12,13)4-6;6-4-1-3(9(10)11)2-5(7)8-4;5-4(6)1-3(7)2-4;1-3-6-4(2)5;;;;;;;;;/h4-5,12H,3,6-8H2,1-2H3;2-3,10H,4-6H2,1H3,(H2,15,17);2-3,8H,4-5H2,1H3;1-2,6H,3-4H2;1-2H;3,7H,1-2H2;2-3H2,1H3;1H4;1H3;2*1H;;1H3;;;/q;;;;;;-1;;-1;;;+2;;+1;+2;-1/p-2. The fourth-order valence-corrected chi connectivity index (χ4v) is 9.45. The first-order valence-corrected chi connectivity index (χ1v) is 36.7. The monoisotopic (exact) mass is 1730 g/mol. The zero-order valence-electron chi connectivity index (χ0n) is 55.5. The molecule has 0 atom stereocenters. The van der Waals surface area contributed by atoms with Crippen LogP contribution in [-0.2, 0) is 53.0 Å². The molecule has 0 aromatic carbocycles. The third-order valence-corrected chi connectivity index (χ3v) is 13.3. The number of aliphatic hydroxyl groups excluding tert-OH is 1. The van der Waals surface area contributed by atoms with Gasteiger partial charge >= 0.3 is 88.5 Å². The Labute approximate surface area is 664 Å². The van der Waals surface area contributed by atoms with Crippen molar-refractivity contribution in [1.82, 2.24) is 31.1 Å². The number of aryl methyl sites for hydroxylation is 3. The summed E-state index contributed by atoms with van der Waals surface area (Å²) in [6.45, 7) is 12.4. The molecular formula is C60H74Br2Cl5F10MgN8NaO12Zn. The number of hydrogen-bond donors (Lipinski definition) is 3. The number of pyridine rings is 5. The molecule has 5 aromatic heterocycles. The van der Waals surface area contributed by atoms with Crippen molar-refractivity contribution in [1.29, 1.82) is 0 Å². The molecule has 5 aliphatic rings. The summed E-state index contributed by atoms with van der Waals surface area (Å²) in [7, 11) is 0. The molecule has 550 valence electrons. The van der Waals surface area contributed by atoms with Crippen LogP contribution in [0.1, 0.15) is 115 Å². The molecule has 0 bridgehead atoms. The fourth-order valence-electron chi connectivity index (χ4n) is 8.32. The maximum atomic E-state index is 12.8. The third kappa shape index (κ3) is 42.0. The molecule has 100 heavy (non-hydrogen) atoms. The van der Waals surface area contributed by atoms with Crippen LogP contribution in [0.2, 0.25) is 25.8 Å². The molecule has 0 aliphatic heterocycles. The number of aromatic nitrogens is 5. The molecule has 6 N–H and O–H groups in total. The van der Waals surface area contributed by atoms with Gasteiger partial charge in [-0.15, -0.1) is 0 Å². The Hall–Kier alpha value is -3.35. The Morgan fingerprint density at radius 2 is 0.840 bits per heavy atom.